The van der Waals surface area contributed by atoms with E-state index in [-0.39, 0.29) is 5.92 Å². The molecule has 10 heavy (non-hydrogen) atoms. The first-order valence-corrected chi connectivity index (χ1v) is 3.01. The van der Waals surface area contributed by atoms with E-state index in [9.17, 15) is 4.79 Å². The molecule has 0 saturated carbocycles. The van der Waals surface area contributed by atoms with Crippen LogP contribution in [0.5, 0.6) is 0 Å². The van der Waals surface area contributed by atoms with Gasteiger partial charge in [-0.2, -0.15) is 0 Å². The van der Waals surface area contributed by atoms with Gasteiger partial charge in [-0.25, -0.2) is 0 Å². The molecule has 0 aromatic heterocycles. The zero-order valence-electron chi connectivity index (χ0n) is 5.36. The molecule has 0 aliphatic carbocycles. The molecule has 0 radical (unpaired) electrons. The van der Waals surface area contributed by atoms with Crippen LogP contribution in [0.3, 0.4) is 0 Å². The van der Waals surface area contributed by atoms with Gasteiger partial charge in [0.25, 0.3) is 0 Å². The SMILES string of the molecule is [N-]=[N+]=NC(=O)C1CCOC1. The Bertz CT molecular complexity index is 179. The van der Waals surface area contributed by atoms with Crippen molar-refractivity contribution < 1.29 is 9.53 Å². The van der Waals surface area contributed by atoms with Gasteiger partial charge in [0.1, 0.15) is 0 Å². The third-order valence-electron chi connectivity index (χ3n) is 1.42. The quantitative estimate of drug-likeness (QED) is 0.308. The molecule has 1 atom stereocenters. The summed E-state index contributed by atoms with van der Waals surface area (Å²) in [5.74, 6) is -0.601. The maximum atomic E-state index is 10.7. The first kappa shape index (κ1) is 7.05. The van der Waals surface area contributed by atoms with E-state index in [0.717, 1.165) is 0 Å². The lowest BCUT2D eigenvalue weighted by molar-refractivity contribution is -0.121. The second-order valence-electron chi connectivity index (χ2n) is 2.09. The maximum absolute atomic E-state index is 10.7. The molecule has 5 heteroatoms. The van der Waals surface area contributed by atoms with Gasteiger partial charge in [-0.3, -0.25) is 4.79 Å². The summed E-state index contributed by atoms with van der Waals surface area (Å²) in [6.45, 7) is 0.995. The minimum absolute atomic E-state index is 0.198. The third-order valence-corrected chi connectivity index (χ3v) is 1.42. The van der Waals surface area contributed by atoms with E-state index in [1.807, 2.05) is 0 Å². The van der Waals surface area contributed by atoms with Gasteiger partial charge in [0.05, 0.1) is 12.5 Å². The van der Waals surface area contributed by atoms with Crippen molar-refractivity contribution in [2.75, 3.05) is 13.2 Å². The molecule has 1 fully saturated rings. The van der Waals surface area contributed by atoms with Crippen LogP contribution >= 0.6 is 0 Å². The van der Waals surface area contributed by atoms with Gasteiger partial charge in [-0.15, -0.1) is 0 Å². The Morgan fingerprint density at radius 2 is 2.60 bits per heavy atom. The predicted molar refractivity (Wildman–Crippen MR) is 33.1 cm³/mol. The molecule has 1 saturated heterocycles. The molecule has 0 aromatic carbocycles. The van der Waals surface area contributed by atoms with E-state index in [1.54, 1.807) is 0 Å². The maximum Gasteiger partial charge on any atom is 0.224 e. The van der Waals surface area contributed by atoms with Gasteiger partial charge in [-0.1, -0.05) is 0 Å². The van der Waals surface area contributed by atoms with Crippen LogP contribution in [0.25, 0.3) is 10.4 Å². The van der Waals surface area contributed by atoms with Crippen molar-refractivity contribution in [2.45, 2.75) is 6.42 Å². The Kier molecular flexibility index (Phi) is 2.25. The van der Waals surface area contributed by atoms with Crippen molar-refractivity contribution in [3.8, 4) is 0 Å². The van der Waals surface area contributed by atoms with Gasteiger partial charge in [0, 0.05) is 11.5 Å². The molecule has 1 aliphatic rings. The number of carbonyl (C=O) groups excluding carboxylic acids is 1. The summed E-state index contributed by atoms with van der Waals surface area (Å²) >= 11 is 0. The lowest BCUT2D eigenvalue weighted by Gasteiger charge is -1.96. The van der Waals surface area contributed by atoms with Gasteiger partial charge in [-0.05, 0) is 17.1 Å². The van der Waals surface area contributed by atoms with E-state index >= 15 is 0 Å². The first-order valence-electron chi connectivity index (χ1n) is 3.01. The Morgan fingerprint density at radius 3 is 3.10 bits per heavy atom. The minimum Gasteiger partial charge on any atom is -0.381 e. The molecular weight excluding hydrogens is 134 g/mol. The topological polar surface area (TPSA) is 75.1 Å². The number of rotatable bonds is 1. The summed E-state index contributed by atoms with van der Waals surface area (Å²) in [7, 11) is 0. The summed E-state index contributed by atoms with van der Waals surface area (Å²) in [4.78, 5) is 13.1. The molecule has 1 aliphatic heterocycles. The molecule has 0 spiro atoms. The molecule has 1 unspecified atom stereocenters. The summed E-state index contributed by atoms with van der Waals surface area (Å²) in [5.41, 5.74) is 7.89. The van der Waals surface area contributed by atoms with Gasteiger partial charge in [0.15, 0.2) is 0 Å². The molecule has 1 heterocycles. The highest BCUT2D eigenvalue weighted by molar-refractivity contribution is 5.79. The Hall–Kier alpha value is -1.06. The molecule has 0 aromatic rings. The van der Waals surface area contributed by atoms with Crippen LogP contribution in [-0.4, -0.2) is 19.1 Å². The zero-order chi connectivity index (χ0) is 7.40. The number of carbonyl (C=O) groups is 1. The Morgan fingerprint density at radius 1 is 1.80 bits per heavy atom. The van der Waals surface area contributed by atoms with Crippen LogP contribution < -0.4 is 0 Å². The predicted octanol–water partition coefficient (Wildman–Crippen LogP) is 0.860. The fourth-order valence-corrected chi connectivity index (χ4v) is 0.855. The Labute approximate surface area is 57.6 Å². The van der Waals surface area contributed by atoms with E-state index in [1.165, 1.54) is 0 Å². The van der Waals surface area contributed by atoms with Crippen LogP contribution in [0.4, 0.5) is 0 Å². The Balaban J connectivity index is 2.47. The second kappa shape index (κ2) is 3.20. The van der Waals surface area contributed by atoms with E-state index in [0.29, 0.717) is 19.6 Å². The first-order chi connectivity index (χ1) is 4.84. The lowest BCUT2D eigenvalue weighted by Crippen LogP contribution is -2.10. The lowest BCUT2D eigenvalue weighted by atomic mass is 10.1. The van der Waals surface area contributed by atoms with Gasteiger partial charge in [0.2, 0.25) is 5.91 Å². The van der Waals surface area contributed by atoms with Crippen LogP contribution in [0.15, 0.2) is 5.11 Å². The van der Waals surface area contributed by atoms with Crippen LogP contribution in [0.1, 0.15) is 6.42 Å². The summed E-state index contributed by atoms with van der Waals surface area (Å²) < 4.78 is 4.92. The minimum atomic E-state index is -0.403. The van der Waals surface area contributed by atoms with Crippen LogP contribution in [0, 0.1) is 5.92 Å². The zero-order valence-corrected chi connectivity index (χ0v) is 5.36. The summed E-state index contributed by atoms with van der Waals surface area (Å²) in [6, 6.07) is 0. The smallest absolute Gasteiger partial charge is 0.224 e. The van der Waals surface area contributed by atoms with E-state index < -0.39 is 5.91 Å². The molecule has 5 nitrogen and oxygen atoms in total. The molecule has 1 rings (SSSR count). The summed E-state index contributed by atoms with van der Waals surface area (Å²) in [6.07, 6.45) is 0.678. The van der Waals surface area contributed by atoms with Crippen LogP contribution in [0.2, 0.25) is 0 Å². The largest absolute Gasteiger partial charge is 0.381 e. The van der Waals surface area contributed by atoms with Gasteiger partial charge >= 0.3 is 0 Å². The number of azide groups is 1. The van der Waals surface area contributed by atoms with E-state index in [2.05, 4.69) is 10.0 Å². The second-order valence-corrected chi connectivity index (χ2v) is 2.09. The third kappa shape index (κ3) is 1.46. The number of hydrogen-bond acceptors (Lipinski definition) is 2. The average molecular weight is 141 g/mol. The molecule has 0 N–H and O–H groups in total. The fraction of sp³-hybridized carbons (Fsp3) is 0.800. The highest BCUT2D eigenvalue weighted by atomic mass is 16.5. The van der Waals surface area contributed by atoms with Crippen molar-refractivity contribution >= 4 is 5.91 Å². The number of hydrogen-bond donors (Lipinski definition) is 0. The average Bonchev–Trinajstić information content (AvgIpc) is 2.38. The molecule has 1 amide bonds. The number of nitrogens with zero attached hydrogens (tertiary/aromatic N) is 3. The molecular formula is C5H7N3O2. The highest BCUT2D eigenvalue weighted by Gasteiger charge is 2.21. The van der Waals surface area contributed by atoms with Crippen molar-refractivity contribution in [1.29, 1.82) is 0 Å². The monoisotopic (exact) mass is 141 g/mol. The van der Waals surface area contributed by atoms with Crippen molar-refractivity contribution in [3.63, 3.8) is 0 Å². The molecule has 0 bridgehead atoms. The fourth-order valence-electron chi connectivity index (χ4n) is 0.855. The molecule has 54 valence electrons. The van der Waals surface area contributed by atoms with Crippen LogP contribution in [-0.2, 0) is 9.53 Å². The number of ether oxygens (including phenoxy) is 1. The van der Waals surface area contributed by atoms with Gasteiger partial charge < -0.3 is 4.74 Å². The number of amides is 1. The normalized spacial score (nSPS) is 23.8. The summed E-state index contributed by atoms with van der Waals surface area (Å²) in [5, 5.41) is 2.97. The van der Waals surface area contributed by atoms with Crippen molar-refractivity contribution in [2.24, 2.45) is 11.0 Å². The van der Waals surface area contributed by atoms with Crippen molar-refractivity contribution in [1.82, 2.24) is 0 Å². The highest BCUT2D eigenvalue weighted by Crippen LogP contribution is 2.13. The van der Waals surface area contributed by atoms with E-state index in [4.69, 9.17) is 10.3 Å². The standard InChI is InChI=1S/C5H7N3O2/c6-8-7-5(9)4-1-2-10-3-4/h4H,1-3H2. The van der Waals surface area contributed by atoms with Crippen molar-refractivity contribution in [3.05, 3.63) is 10.4 Å².